The predicted octanol–water partition coefficient (Wildman–Crippen LogP) is 1.59. The van der Waals surface area contributed by atoms with E-state index in [4.69, 9.17) is 0 Å². The van der Waals surface area contributed by atoms with E-state index in [1.165, 1.54) is 0 Å². The maximum absolute atomic E-state index is 12.1. The minimum absolute atomic E-state index is 0.141. The number of aromatic nitrogens is 4. The Bertz CT molecular complexity index is 765. The number of nitrogens with zero attached hydrogens (tertiary/aromatic N) is 3. The molecule has 3 aromatic rings. The smallest absolute Gasteiger partial charge is 0.251 e. The van der Waals surface area contributed by atoms with Crippen molar-refractivity contribution in [2.75, 3.05) is 0 Å². The molecule has 1 amide bonds. The van der Waals surface area contributed by atoms with E-state index in [-0.39, 0.29) is 5.91 Å². The molecular weight excluding hydrogens is 254 g/mol. The molecule has 0 fully saturated rings. The molecule has 0 aliphatic rings. The summed E-state index contributed by atoms with van der Waals surface area (Å²) < 4.78 is 0. The number of amides is 1. The standard InChI is InChI=1S/C14H13N5O/c1-9-15-5-4-12(18-9)8-16-14(20)10-2-3-11-7-17-19-13(11)6-10/h2-7H,8H2,1H3,(H,16,20)(H,17,19). The van der Waals surface area contributed by atoms with E-state index in [0.29, 0.717) is 17.9 Å². The van der Waals surface area contributed by atoms with Gasteiger partial charge in [-0.05, 0) is 25.1 Å². The van der Waals surface area contributed by atoms with Crippen LogP contribution < -0.4 is 5.32 Å². The third-order valence-corrected chi connectivity index (χ3v) is 2.97. The maximum atomic E-state index is 12.1. The van der Waals surface area contributed by atoms with Crippen LogP contribution in [0.1, 0.15) is 21.9 Å². The van der Waals surface area contributed by atoms with Gasteiger partial charge in [-0.25, -0.2) is 9.97 Å². The fraction of sp³-hybridized carbons (Fsp3) is 0.143. The van der Waals surface area contributed by atoms with Crippen molar-refractivity contribution in [3.05, 3.63) is 53.7 Å². The summed E-state index contributed by atoms with van der Waals surface area (Å²) in [5.74, 6) is 0.549. The van der Waals surface area contributed by atoms with Crippen molar-refractivity contribution in [2.45, 2.75) is 13.5 Å². The highest BCUT2D eigenvalue weighted by Gasteiger charge is 2.07. The Balaban J connectivity index is 1.72. The van der Waals surface area contributed by atoms with Crippen LogP contribution in [-0.4, -0.2) is 26.1 Å². The first-order valence-electron chi connectivity index (χ1n) is 6.22. The van der Waals surface area contributed by atoms with Gasteiger partial charge < -0.3 is 5.32 Å². The largest absolute Gasteiger partial charge is 0.346 e. The molecule has 0 saturated carbocycles. The molecule has 3 rings (SSSR count). The first-order chi connectivity index (χ1) is 9.72. The van der Waals surface area contributed by atoms with Crippen molar-refractivity contribution in [1.82, 2.24) is 25.5 Å². The molecule has 20 heavy (non-hydrogen) atoms. The normalized spacial score (nSPS) is 10.7. The average molecular weight is 267 g/mol. The number of benzene rings is 1. The van der Waals surface area contributed by atoms with Crippen molar-refractivity contribution in [3.63, 3.8) is 0 Å². The number of aromatic amines is 1. The molecule has 2 heterocycles. The van der Waals surface area contributed by atoms with E-state index in [9.17, 15) is 4.79 Å². The zero-order chi connectivity index (χ0) is 13.9. The van der Waals surface area contributed by atoms with Crippen molar-refractivity contribution >= 4 is 16.8 Å². The molecule has 0 bridgehead atoms. The number of H-pyrrole nitrogens is 1. The van der Waals surface area contributed by atoms with Crippen LogP contribution in [-0.2, 0) is 6.54 Å². The van der Waals surface area contributed by atoms with Gasteiger partial charge in [0, 0.05) is 17.1 Å². The lowest BCUT2D eigenvalue weighted by atomic mass is 10.1. The average Bonchev–Trinajstić information content (AvgIpc) is 2.92. The SMILES string of the molecule is Cc1nccc(CNC(=O)c2ccc3cn[nH]c3c2)n1. The van der Waals surface area contributed by atoms with Gasteiger partial charge in [0.05, 0.1) is 24.0 Å². The van der Waals surface area contributed by atoms with Gasteiger partial charge in [-0.1, -0.05) is 6.07 Å². The molecule has 0 unspecified atom stereocenters. The number of rotatable bonds is 3. The molecule has 0 saturated heterocycles. The van der Waals surface area contributed by atoms with Crippen LogP contribution in [0.3, 0.4) is 0 Å². The topological polar surface area (TPSA) is 83.6 Å². The Morgan fingerprint density at radius 3 is 3.10 bits per heavy atom. The highest BCUT2D eigenvalue weighted by atomic mass is 16.1. The van der Waals surface area contributed by atoms with Gasteiger partial charge in [0.1, 0.15) is 5.82 Å². The van der Waals surface area contributed by atoms with Crippen molar-refractivity contribution < 1.29 is 4.79 Å². The third-order valence-electron chi connectivity index (χ3n) is 2.97. The van der Waals surface area contributed by atoms with E-state index in [1.807, 2.05) is 13.0 Å². The van der Waals surface area contributed by atoms with E-state index >= 15 is 0 Å². The first kappa shape index (κ1) is 12.3. The van der Waals surface area contributed by atoms with Crippen LogP contribution >= 0.6 is 0 Å². The van der Waals surface area contributed by atoms with Crippen molar-refractivity contribution in [1.29, 1.82) is 0 Å². The lowest BCUT2D eigenvalue weighted by Crippen LogP contribution is -2.23. The number of aryl methyl sites for hydroxylation is 1. The Labute approximate surface area is 115 Å². The first-order valence-corrected chi connectivity index (χ1v) is 6.22. The minimum atomic E-state index is -0.141. The van der Waals surface area contributed by atoms with Gasteiger partial charge in [0.25, 0.3) is 5.91 Å². The monoisotopic (exact) mass is 267 g/mol. The van der Waals surface area contributed by atoms with E-state index in [1.54, 1.807) is 30.6 Å². The summed E-state index contributed by atoms with van der Waals surface area (Å²) in [5, 5.41) is 10.6. The summed E-state index contributed by atoms with van der Waals surface area (Å²) in [6, 6.07) is 7.20. The highest BCUT2D eigenvalue weighted by Crippen LogP contribution is 2.12. The van der Waals surface area contributed by atoms with E-state index < -0.39 is 0 Å². The molecule has 1 aromatic carbocycles. The van der Waals surface area contributed by atoms with Crippen LogP contribution in [0.15, 0.2) is 36.7 Å². The summed E-state index contributed by atoms with van der Waals surface area (Å²) >= 11 is 0. The number of hydrogen-bond donors (Lipinski definition) is 2. The zero-order valence-electron chi connectivity index (χ0n) is 10.9. The molecular formula is C14H13N5O. The summed E-state index contributed by atoms with van der Waals surface area (Å²) in [5.41, 5.74) is 2.22. The van der Waals surface area contributed by atoms with Gasteiger partial charge in [-0.15, -0.1) is 0 Å². The predicted molar refractivity (Wildman–Crippen MR) is 74.0 cm³/mol. The summed E-state index contributed by atoms with van der Waals surface area (Å²) in [6.07, 6.45) is 3.40. The van der Waals surface area contributed by atoms with Crippen LogP contribution in [0, 0.1) is 6.92 Å². The van der Waals surface area contributed by atoms with Crippen molar-refractivity contribution in [2.24, 2.45) is 0 Å². The molecule has 2 N–H and O–H groups in total. The molecule has 0 radical (unpaired) electrons. The highest BCUT2D eigenvalue weighted by molar-refractivity contribution is 5.97. The number of hydrogen-bond acceptors (Lipinski definition) is 4. The number of carbonyl (C=O) groups excluding carboxylic acids is 1. The van der Waals surface area contributed by atoms with Crippen molar-refractivity contribution in [3.8, 4) is 0 Å². The van der Waals surface area contributed by atoms with Gasteiger partial charge in [-0.2, -0.15) is 5.10 Å². The van der Waals surface area contributed by atoms with Crippen LogP contribution in [0.5, 0.6) is 0 Å². The van der Waals surface area contributed by atoms with E-state index in [2.05, 4.69) is 25.5 Å². The summed E-state index contributed by atoms with van der Waals surface area (Å²) in [4.78, 5) is 20.3. The van der Waals surface area contributed by atoms with Gasteiger partial charge in [0.2, 0.25) is 0 Å². The van der Waals surface area contributed by atoms with E-state index in [0.717, 1.165) is 16.6 Å². The summed E-state index contributed by atoms with van der Waals surface area (Å²) in [7, 11) is 0. The molecule has 0 atom stereocenters. The van der Waals surface area contributed by atoms with Gasteiger partial charge in [-0.3, -0.25) is 9.89 Å². The van der Waals surface area contributed by atoms with Gasteiger partial charge in [0.15, 0.2) is 0 Å². The molecule has 2 aromatic heterocycles. The number of carbonyl (C=O) groups is 1. The Hall–Kier alpha value is -2.76. The quantitative estimate of drug-likeness (QED) is 0.754. The molecule has 0 aliphatic heterocycles. The fourth-order valence-electron chi connectivity index (χ4n) is 1.95. The molecule has 0 spiro atoms. The zero-order valence-corrected chi connectivity index (χ0v) is 10.9. The Kier molecular flexibility index (Phi) is 3.12. The molecule has 6 nitrogen and oxygen atoms in total. The number of fused-ring (bicyclic) bond motifs is 1. The lowest BCUT2D eigenvalue weighted by Gasteiger charge is -2.05. The molecule has 6 heteroatoms. The lowest BCUT2D eigenvalue weighted by molar-refractivity contribution is 0.0950. The third kappa shape index (κ3) is 2.49. The van der Waals surface area contributed by atoms with Crippen LogP contribution in [0.4, 0.5) is 0 Å². The minimum Gasteiger partial charge on any atom is -0.346 e. The Morgan fingerprint density at radius 1 is 1.35 bits per heavy atom. The fourth-order valence-corrected chi connectivity index (χ4v) is 1.95. The second-order valence-electron chi connectivity index (χ2n) is 4.45. The summed E-state index contributed by atoms with van der Waals surface area (Å²) in [6.45, 7) is 2.20. The van der Waals surface area contributed by atoms with Crippen LogP contribution in [0.25, 0.3) is 10.9 Å². The van der Waals surface area contributed by atoms with Crippen LogP contribution in [0.2, 0.25) is 0 Å². The molecule has 100 valence electrons. The maximum Gasteiger partial charge on any atom is 0.251 e. The number of nitrogens with one attached hydrogen (secondary N) is 2. The second-order valence-corrected chi connectivity index (χ2v) is 4.45. The molecule has 0 aliphatic carbocycles. The second kappa shape index (κ2) is 5.08. The Morgan fingerprint density at radius 2 is 2.25 bits per heavy atom. The van der Waals surface area contributed by atoms with Gasteiger partial charge >= 0.3 is 0 Å².